The van der Waals surface area contributed by atoms with Crippen LogP contribution in [0.15, 0.2) is 58.5 Å². The summed E-state index contributed by atoms with van der Waals surface area (Å²) in [5.74, 6) is -0.641. The highest BCUT2D eigenvalue weighted by Gasteiger charge is 2.23. The maximum absolute atomic E-state index is 12.1. The standard InChI is InChI=1S/C21H18Cl2N4O4S2/c1-3-31-21(28)17(24)16(23)18(25-15-10-5-4-9-14(15)22)20-26-19(27-32-20)12-7-6-8-13(11-12)33(2,29)30/h4-11,24-25H,3H2,1-2H3/b18-16+,24-17?. The van der Waals surface area contributed by atoms with Crippen LogP contribution in [-0.4, -0.2) is 42.3 Å². The number of carbonyl (C=O) groups excluding carboxylic acids is 1. The molecule has 0 saturated heterocycles. The van der Waals surface area contributed by atoms with E-state index in [1.54, 1.807) is 43.3 Å². The highest BCUT2D eigenvalue weighted by molar-refractivity contribution is 7.90. The fourth-order valence-corrected chi connectivity index (χ4v) is 4.44. The Kier molecular flexibility index (Phi) is 7.85. The van der Waals surface area contributed by atoms with Gasteiger partial charge in [0.05, 0.1) is 32.9 Å². The number of hydrogen-bond donors (Lipinski definition) is 2. The molecular weight excluding hydrogens is 507 g/mol. The summed E-state index contributed by atoms with van der Waals surface area (Å²) in [7, 11) is -3.42. The second kappa shape index (κ2) is 10.4. The van der Waals surface area contributed by atoms with E-state index in [0.717, 1.165) is 17.8 Å². The van der Waals surface area contributed by atoms with Crippen LogP contribution in [0.5, 0.6) is 0 Å². The minimum absolute atomic E-state index is 0.0816. The Morgan fingerprint density at radius 3 is 2.61 bits per heavy atom. The summed E-state index contributed by atoms with van der Waals surface area (Å²) in [4.78, 5) is 16.7. The largest absolute Gasteiger partial charge is 0.461 e. The molecule has 1 heterocycles. The normalized spacial score (nSPS) is 12.1. The van der Waals surface area contributed by atoms with Crippen molar-refractivity contribution < 1.29 is 17.9 Å². The van der Waals surface area contributed by atoms with Gasteiger partial charge in [0.1, 0.15) is 0 Å². The molecule has 0 aliphatic heterocycles. The summed E-state index contributed by atoms with van der Waals surface area (Å²) in [5, 5.41) is 11.5. The Morgan fingerprint density at radius 1 is 1.21 bits per heavy atom. The fourth-order valence-electron chi connectivity index (χ4n) is 2.63. The van der Waals surface area contributed by atoms with Crippen molar-refractivity contribution in [1.29, 1.82) is 5.41 Å². The van der Waals surface area contributed by atoms with Gasteiger partial charge in [-0.05, 0) is 42.7 Å². The first-order valence-electron chi connectivity index (χ1n) is 9.43. The first-order valence-corrected chi connectivity index (χ1v) is 12.9. The molecule has 0 fully saturated rings. The summed E-state index contributed by atoms with van der Waals surface area (Å²) >= 11 is 13.6. The van der Waals surface area contributed by atoms with Gasteiger partial charge in [0.2, 0.25) is 0 Å². The van der Waals surface area contributed by atoms with Crippen molar-refractivity contribution in [3.05, 3.63) is 63.6 Å². The average Bonchev–Trinajstić information content (AvgIpc) is 3.27. The van der Waals surface area contributed by atoms with Crippen LogP contribution in [0.3, 0.4) is 0 Å². The molecule has 12 heteroatoms. The van der Waals surface area contributed by atoms with Crippen LogP contribution in [0.2, 0.25) is 5.02 Å². The lowest BCUT2D eigenvalue weighted by atomic mass is 10.2. The van der Waals surface area contributed by atoms with E-state index in [1.165, 1.54) is 12.1 Å². The number of esters is 1. The molecule has 3 rings (SSSR count). The fraction of sp³-hybridized carbons (Fsp3) is 0.143. The first kappa shape index (κ1) is 24.8. The highest BCUT2D eigenvalue weighted by atomic mass is 35.5. The summed E-state index contributed by atoms with van der Waals surface area (Å²) in [6, 6.07) is 13.1. The predicted molar refractivity (Wildman–Crippen MR) is 131 cm³/mol. The predicted octanol–water partition coefficient (Wildman–Crippen LogP) is 4.86. The van der Waals surface area contributed by atoms with Crippen LogP contribution < -0.4 is 5.32 Å². The lowest BCUT2D eigenvalue weighted by Gasteiger charge is -2.13. The maximum Gasteiger partial charge on any atom is 0.357 e. The lowest BCUT2D eigenvalue weighted by Crippen LogP contribution is -2.19. The van der Waals surface area contributed by atoms with Crippen molar-refractivity contribution in [2.24, 2.45) is 0 Å². The molecule has 172 valence electrons. The SMILES string of the molecule is CCOC(=O)C(=N)/C(Cl)=C(\Nc1ccccc1Cl)c1nc(-c2cccc(S(C)(=O)=O)c2)ns1. The Labute approximate surface area is 204 Å². The van der Waals surface area contributed by atoms with Crippen molar-refractivity contribution in [2.75, 3.05) is 18.2 Å². The Balaban J connectivity index is 2.08. The van der Waals surface area contributed by atoms with Gasteiger partial charge in [0, 0.05) is 11.8 Å². The smallest absolute Gasteiger partial charge is 0.357 e. The number of aromatic nitrogens is 2. The minimum Gasteiger partial charge on any atom is -0.461 e. The van der Waals surface area contributed by atoms with Crippen LogP contribution in [0, 0.1) is 5.41 Å². The third-order valence-electron chi connectivity index (χ3n) is 4.21. The number of rotatable bonds is 8. The van der Waals surface area contributed by atoms with E-state index in [4.69, 9.17) is 33.3 Å². The molecule has 0 amide bonds. The summed E-state index contributed by atoms with van der Waals surface area (Å²) in [5.41, 5.74) is 0.517. The topological polar surface area (TPSA) is 122 Å². The molecule has 3 aromatic rings. The van der Waals surface area contributed by atoms with E-state index < -0.39 is 21.5 Å². The number of benzene rings is 2. The molecular formula is C21H18Cl2N4O4S2. The number of carbonyl (C=O) groups is 1. The van der Waals surface area contributed by atoms with Crippen molar-refractivity contribution in [3.63, 3.8) is 0 Å². The van der Waals surface area contributed by atoms with Gasteiger partial charge in [-0.15, -0.1) is 0 Å². The number of nitrogens with zero attached hydrogens (tertiary/aromatic N) is 2. The Bertz CT molecular complexity index is 1350. The van der Waals surface area contributed by atoms with Crippen molar-refractivity contribution in [1.82, 2.24) is 9.36 Å². The van der Waals surface area contributed by atoms with Gasteiger partial charge in [0.15, 0.2) is 26.4 Å². The number of hydrogen-bond acceptors (Lipinski definition) is 9. The quantitative estimate of drug-likeness (QED) is 0.318. The molecule has 0 bridgehead atoms. The molecule has 2 aromatic carbocycles. The first-order chi connectivity index (χ1) is 15.6. The molecule has 0 atom stereocenters. The van der Waals surface area contributed by atoms with E-state index in [-0.39, 0.29) is 33.1 Å². The van der Waals surface area contributed by atoms with Gasteiger partial charge in [-0.2, -0.15) is 4.37 Å². The van der Waals surface area contributed by atoms with Gasteiger partial charge in [-0.3, -0.25) is 5.41 Å². The van der Waals surface area contributed by atoms with Crippen LogP contribution >= 0.6 is 34.7 Å². The number of para-hydroxylation sites is 1. The van der Waals surface area contributed by atoms with Crippen molar-refractivity contribution in [3.8, 4) is 11.4 Å². The molecule has 0 aliphatic rings. The van der Waals surface area contributed by atoms with Gasteiger partial charge in [-0.25, -0.2) is 18.2 Å². The molecule has 33 heavy (non-hydrogen) atoms. The Morgan fingerprint density at radius 2 is 1.94 bits per heavy atom. The summed E-state index contributed by atoms with van der Waals surface area (Å²) in [6.45, 7) is 1.70. The minimum atomic E-state index is -3.42. The average molecular weight is 525 g/mol. The lowest BCUT2D eigenvalue weighted by molar-refractivity contribution is -0.135. The number of halogens is 2. The zero-order chi connectivity index (χ0) is 24.2. The highest BCUT2D eigenvalue weighted by Crippen LogP contribution is 2.31. The van der Waals surface area contributed by atoms with E-state index in [2.05, 4.69) is 14.7 Å². The van der Waals surface area contributed by atoms with Crippen LogP contribution in [-0.2, 0) is 19.4 Å². The zero-order valence-corrected chi connectivity index (χ0v) is 20.6. The second-order valence-electron chi connectivity index (χ2n) is 6.61. The van der Waals surface area contributed by atoms with Gasteiger partial charge in [-0.1, -0.05) is 47.5 Å². The molecule has 0 aliphatic carbocycles. The van der Waals surface area contributed by atoms with Crippen molar-refractivity contribution in [2.45, 2.75) is 11.8 Å². The molecule has 0 spiro atoms. The molecule has 8 nitrogen and oxygen atoms in total. The van der Waals surface area contributed by atoms with E-state index in [1.807, 2.05) is 0 Å². The molecule has 0 radical (unpaired) electrons. The number of ether oxygens (including phenoxy) is 1. The van der Waals surface area contributed by atoms with Crippen LogP contribution in [0.1, 0.15) is 11.9 Å². The van der Waals surface area contributed by atoms with Crippen LogP contribution in [0.4, 0.5) is 5.69 Å². The zero-order valence-electron chi connectivity index (χ0n) is 17.4. The molecule has 2 N–H and O–H groups in total. The van der Waals surface area contributed by atoms with Gasteiger partial charge < -0.3 is 10.1 Å². The second-order valence-corrected chi connectivity index (χ2v) is 10.2. The van der Waals surface area contributed by atoms with E-state index in [0.29, 0.717) is 16.3 Å². The van der Waals surface area contributed by atoms with Crippen LogP contribution in [0.25, 0.3) is 17.1 Å². The summed E-state index contributed by atoms with van der Waals surface area (Å²) < 4.78 is 33.0. The van der Waals surface area contributed by atoms with Gasteiger partial charge >= 0.3 is 5.97 Å². The Hall–Kier alpha value is -2.79. The number of nitrogens with one attached hydrogen (secondary N) is 2. The third-order valence-corrected chi connectivity index (χ3v) is 6.76. The molecule has 1 aromatic heterocycles. The summed E-state index contributed by atoms with van der Waals surface area (Å²) in [6.07, 6.45) is 1.11. The number of anilines is 1. The molecule has 0 unspecified atom stereocenters. The maximum atomic E-state index is 12.1. The monoisotopic (exact) mass is 524 g/mol. The van der Waals surface area contributed by atoms with E-state index in [9.17, 15) is 13.2 Å². The third kappa shape index (κ3) is 5.97. The van der Waals surface area contributed by atoms with E-state index >= 15 is 0 Å². The van der Waals surface area contributed by atoms with Crippen molar-refractivity contribution >= 4 is 67.6 Å². The molecule has 0 saturated carbocycles. The number of sulfone groups is 1. The van der Waals surface area contributed by atoms with Gasteiger partial charge in [0.25, 0.3) is 0 Å².